The highest BCUT2D eigenvalue weighted by molar-refractivity contribution is 5.83. The Bertz CT molecular complexity index is 671. The molecule has 2 saturated heterocycles. The van der Waals surface area contributed by atoms with E-state index in [1.807, 2.05) is 12.3 Å². The molecule has 2 atom stereocenters. The van der Waals surface area contributed by atoms with Crippen molar-refractivity contribution in [3.8, 4) is 0 Å². The number of aromatic nitrogens is 2. The van der Waals surface area contributed by atoms with Crippen LogP contribution in [-0.4, -0.2) is 47.0 Å². The van der Waals surface area contributed by atoms with Crippen LogP contribution in [0, 0.1) is 35.0 Å². The van der Waals surface area contributed by atoms with E-state index in [0.29, 0.717) is 17.7 Å². The van der Waals surface area contributed by atoms with Crippen LogP contribution in [0.2, 0.25) is 0 Å². The number of carbonyl (C=O) groups is 1. The van der Waals surface area contributed by atoms with E-state index in [1.54, 1.807) is 6.33 Å². The van der Waals surface area contributed by atoms with E-state index >= 15 is 0 Å². The van der Waals surface area contributed by atoms with Gasteiger partial charge in [0, 0.05) is 44.2 Å². The van der Waals surface area contributed by atoms with Gasteiger partial charge >= 0.3 is 0 Å². The lowest BCUT2D eigenvalue weighted by Gasteiger charge is -2.56. The second-order valence-electron chi connectivity index (χ2n) is 9.90. The maximum Gasteiger partial charge on any atom is 0.228 e. The van der Waals surface area contributed by atoms with Crippen LogP contribution in [0.5, 0.6) is 0 Å². The molecule has 0 aromatic carbocycles. The lowest BCUT2D eigenvalue weighted by atomic mass is 9.49. The molecule has 0 unspecified atom stereocenters. The summed E-state index contributed by atoms with van der Waals surface area (Å²) in [6.45, 7) is 4.00. The first-order valence-corrected chi connectivity index (χ1v) is 10.5. The molecular formula is C21H28N4O. The number of fused-ring (bicyclic) bond motifs is 1. The number of hydrogen-bond donors (Lipinski definition) is 0. The summed E-state index contributed by atoms with van der Waals surface area (Å²) in [7, 11) is 0. The Balaban J connectivity index is 1.16. The van der Waals surface area contributed by atoms with Gasteiger partial charge in [-0.05, 0) is 62.3 Å². The Morgan fingerprint density at radius 1 is 0.962 bits per heavy atom. The predicted octanol–water partition coefficient (Wildman–Crippen LogP) is 2.59. The molecule has 1 aromatic heterocycles. The van der Waals surface area contributed by atoms with Crippen LogP contribution >= 0.6 is 0 Å². The van der Waals surface area contributed by atoms with Crippen LogP contribution in [0.15, 0.2) is 18.6 Å². The van der Waals surface area contributed by atoms with Gasteiger partial charge in [-0.2, -0.15) is 0 Å². The largest absolute Gasteiger partial charge is 0.356 e. The Kier molecular flexibility index (Phi) is 3.22. The summed E-state index contributed by atoms with van der Waals surface area (Å²) in [6.07, 6.45) is 11.2. The third-order valence-corrected chi connectivity index (χ3v) is 8.16. The molecule has 5 heteroatoms. The predicted molar refractivity (Wildman–Crippen MR) is 98.4 cm³/mol. The molecule has 6 fully saturated rings. The van der Waals surface area contributed by atoms with Crippen LogP contribution < -0.4 is 4.90 Å². The molecule has 2 aliphatic heterocycles. The standard InChI is InChI=1S/C21H28N4O/c26-20(21-6-14-3-15(7-21)5-16(4-14)8-21)25-11-17-9-24(10-18(17)12-25)19-1-2-22-13-23-19/h1-2,13-18H,3-12H2/t14?,15?,16?,17-,18+,21?. The van der Waals surface area contributed by atoms with Crippen molar-refractivity contribution in [3.05, 3.63) is 18.6 Å². The summed E-state index contributed by atoms with van der Waals surface area (Å²) in [6, 6.07) is 2.00. The van der Waals surface area contributed by atoms with E-state index < -0.39 is 0 Å². The molecule has 4 aliphatic carbocycles. The first-order chi connectivity index (χ1) is 12.7. The fraction of sp³-hybridized carbons (Fsp3) is 0.762. The number of amides is 1. The monoisotopic (exact) mass is 352 g/mol. The number of anilines is 1. The third kappa shape index (κ3) is 2.25. The Morgan fingerprint density at radius 3 is 2.12 bits per heavy atom. The maximum atomic E-state index is 13.6. The highest BCUT2D eigenvalue weighted by atomic mass is 16.2. The topological polar surface area (TPSA) is 49.3 Å². The van der Waals surface area contributed by atoms with Crippen molar-refractivity contribution in [1.29, 1.82) is 0 Å². The highest BCUT2D eigenvalue weighted by Gasteiger charge is 2.57. The van der Waals surface area contributed by atoms with Gasteiger partial charge in [-0.15, -0.1) is 0 Å². The summed E-state index contributed by atoms with van der Waals surface area (Å²) in [5.74, 6) is 5.33. The van der Waals surface area contributed by atoms with Gasteiger partial charge in [0.15, 0.2) is 0 Å². The Hall–Kier alpha value is -1.65. The van der Waals surface area contributed by atoms with Gasteiger partial charge in [0.05, 0.1) is 5.41 Å². The molecule has 26 heavy (non-hydrogen) atoms. The molecule has 4 bridgehead atoms. The second kappa shape index (κ2) is 5.43. The number of nitrogens with zero attached hydrogens (tertiary/aromatic N) is 4. The van der Waals surface area contributed by atoms with Crippen molar-refractivity contribution in [2.75, 3.05) is 31.1 Å². The quantitative estimate of drug-likeness (QED) is 0.821. The summed E-state index contributed by atoms with van der Waals surface area (Å²) in [4.78, 5) is 26.6. The van der Waals surface area contributed by atoms with Crippen LogP contribution in [-0.2, 0) is 4.79 Å². The Labute approximate surface area is 155 Å². The molecule has 5 nitrogen and oxygen atoms in total. The summed E-state index contributed by atoms with van der Waals surface area (Å²) < 4.78 is 0. The zero-order valence-corrected chi connectivity index (χ0v) is 15.4. The molecule has 0 N–H and O–H groups in total. The summed E-state index contributed by atoms with van der Waals surface area (Å²) in [5, 5.41) is 0. The average Bonchev–Trinajstić information content (AvgIpc) is 3.19. The minimum absolute atomic E-state index is 0.0275. The molecule has 0 spiro atoms. The van der Waals surface area contributed by atoms with Gasteiger partial charge in [-0.3, -0.25) is 4.79 Å². The molecule has 138 valence electrons. The van der Waals surface area contributed by atoms with Gasteiger partial charge in [0.1, 0.15) is 12.1 Å². The van der Waals surface area contributed by atoms with Crippen molar-refractivity contribution in [1.82, 2.24) is 14.9 Å². The van der Waals surface area contributed by atoms with Crippen LogP contribution in [0.25, 0.3) is 0 Å². The first kappa shape index (κ1) is 15.4. The van der Waals surface area contributed by atoms with Gasteiger partial charge in [-0.25, -0.2) is 9.97 Å². The Morgan fingerprint density at radius 2 is 1.58 bits per heavy atom. The van der Waals surface area contributed by atoms with E-state index in [2.05, 4.69) is 19.8 Å². The first-order valence-electron chi connectivity index (χ1n) is 10.5. The van der Waals surface area contributed by atoms with Crippen molar-refractivity contribution in [3.63, 3.8) is 0 Å². The highest BCUT2D eigenvalue weighted by Crippen LogP contribution is 2.60. The minimum atomic E-state index is 0.0275. The van der Waals surface area contributed by atoms with E-state index in [1.165, 1.54) is 38.5 Å². The maximum absolute atomic E-state index is 13.6. The van der Waals surface area contributed by atoms with Crippen LogP contribution in [0.4, 0.5) is 5.82 Å². The lowest BCUT2D eigenvalue weighted by molar-refractivity contribution is -0.156. The van der Waals surface area contributed by atoms with E-state index in [9.17, 15) is 4.79 Å². The number of likely N-dealkylation sites (tertiary alicyclic amines) is 1. The van der Waals surface area contributed by atoms with Gasteiger partial charge in [-0.1, -0.05) is 0 Å². The van der Waals surface area contributed by atoms with Crippen molar-refractivity contribution in [2.24, 2.45) is 35.0 Å². The van der Waals surface area contributed by atoms with Crippen molar-refractivity contribution in [2.45, 2.75) is 38.5 Å². The number of carbonyl (C=O) groups excluding carboxylic acids is 1. The molecule has 1 amide bonds. The minimum Gasteiger partial charge on any atom is -0.356 e. The van der Waals surface area contributed by atoms with E-state index in [-0.39, 0.29) is 5.41 Å². The molecule has 3 heterocycles. The van der Waals surface area contributed by atoms with Gasteiger partial charge in [0.25, 0.3) is 0 Å². The summed E-state index contributed by atoms with van der Waals surface area (Å²) >= 11 is 0. The lowest BCUT2D eigenvalue weighted by Crippen LogP contribution is -2.54. The molecule has 0 radical (unpaired) electrons. The third-order valence-electron chi connectivity index (χ3n) is 8.16. The van der Waals surface area contributed by atoms with Gasteiger partial charge in [0.2, 0.25) is 5.91 Å². The molecule has 6 aliphatic rings. The fourth-order valence-corrected chi connectivity index (χ4v) is 7.52. The SMILES string of the molecule is O=C(N1C[C@@H]2CN(c3ccncn3)C[C@@H]2C1)C12CC3CC(CC(C3)C1)C2. The second-order valence-corrected chi connectivity index (χ2v) is 9.90. The smallest absolute Gasteiger partial charge is 0.228 e. The average molecular weight is 352 g/mol. The van der Waals surface area contributed by atoms with E-state index in [0.717, 1.165) is 49.8 Å². The fourth-order valence-electron chi connectivity index (χ4n) is 7.52. The zero-order chi connectivity index (χ0) is 17.3. The van der Waals surface area contributed by atoms with Crippen molar-refractivity contribution >= 4 is 11.7 Å². The molecule has 4 saturated carbocycles. The molecular weight excluding hydrogens is 324 g/mol. The normalized spacial score (nSPS) is 43.2. The van der Waals surface area contributed by atoms with Crippen LogP contribution in [0.1, 0.15) is 38.5 Å². The molecule has 1 aromatic rings. The summed E-state index contributed by atoms with van der Waals surface area (Å²) in [5.41, 5.74) is 0.0275. The number of rotatable bonds is 2. The zero-order valence-electron chi connectivity index (χ0n) is 15.4. The van der Waals surface area contributed by atoms with Crippen molar-refractivity contribution < 1.29 is 4.79 Å². The van der Waals surface area contributed by atoms with Gasteiger partial charge < -0.3 is 9.80 Å². The molecule has 7 rings (SSSR count). The van der Waals surface area contributed by atoms with E-state index in [4.69, 9.17) is 0 Å². The number of hydrogen-bond acceptors (Lipinski definition) is 4. The van der Waals surface area contributed by atoms with Crippen LogP contribution in [0.3, 0.4) is 0 Å².